The van der Waals surface area contributed by atoms with Crippen LogP contribution >= 0.6 is 0 Å². The van der Waals surface area contributed by atoms with Crippen LogP contribution in [0.15, 0.2) is 21.6 Å². The molecule has 7 nitrogen and oxygen atoms in total. The summed E-state index contributed by atoms with van der Waals surface area (Å²) in [6.45, 7) is 9.85. The second kappa shape index (κ2) is 7.13. The number of nitrogens with one attached hydrogen (secondary N) is 1. The minimum absolute atomic E-state index is 0.126. The van der Waals surface area contributed by atoms with Gasteiger partial charge in [0, 0.05) is 18.4 Å². The maximum Gasteiger partial charge on any atom is 0.244 e. The van der Waals surface area contributed by atoms with E-state index in [1.54, 1.807) is 12.1 Å². The Labute approximate surface area is 148 Å². The van der Waals surface area contributed by atoms with E-state index in [4.69, 9.17) is 9.26 Å². The Bertz CT molecular complexity index is 851. The van der Waals surface area contributed by atoms with E-state index in [-0.39, 0.29) is 16.9 Å². The summed E-state index contributed by atoms with van der Waals surface area (Å²) in [5, 5.41) is 3.89. The van der Waals surface area contributed by atoms with Gasteiger partial charge in [-0.2, -0.15) is 4.98 Å². The molecule has 0 bridgehead atoms. The fourth-order valence-corrected chi connectivity index (χ4v) is 3.43. The highest BCUT2D eigenvalue weighted by molar-refractivity contribution is 7.89. The third-order valence-corrected chi connectivity index (χ3v) is 5.30. The number of hydrogen-bond donors (Lipinski definition) is 1. The van der Waals surface area contributed by atoms with Gasteiger partial charge in [0.25, 0.3) is 0 Å². The van der Waals surface area contributed by atoms with E-state index in [9.17, 15) is 8.42 Å². The molecule has 8 heteroatoms. The lowest BCUT2D eigenvalue weighted by Gasteiger charge is -2.13. The van der Waals surface area contributed by atoms with Crippen molar-refractivity contribution in [3.8, 4) is 5.75 Å². The molecule has 0 radical (unpaired) electrons. The van der Waals surface area contributed by atoms with Gasteiger partial charge in [-0.3, -0.25) is 0 Å². The van der Waals surface area contributed by atoms with Crippen molar-refractivity contribution < 1.29 is 17.7 Å². The van der Waals surface area contributed by atoms with Crippen LogP contribution in [0.3, 0.4) is 0 Å². The number of methoxy groups -OCH3 is 1. The Kier molecular flexibility index (Phi) is 5.53. The van der Waals surface area contributed by atoms with Gasteiger partial charge in [0.2, 0.25) is 15.9 Å². The summed E-state index contributed by atoms with van der Waals surface area (Å²) in [6, 6.07) is 3.33. The molecule has 2 aromatic rings. The maximum absolute atomic E-state index is 12.6. The number of aromatic nitrogens is 2. The second-order valence-electron chi connectivity index (χ2n) is 7.00. The van der Waals surface area contributed by atoms with E-state index < -0.39 is 10.0 Å². The van der Waals surface area contributed by atoms with Gasteiger partial charge in [-0.25, -0.2) is 13.1 Å². The number of aryl methyl sites for hydroxylation is 2. The third kappa shape index (κ3) is 4.58. The molecule has 1 aromatic heterocycles. The highest BCUT2D eigenvalue weighted by Crippen LogP contribution is 2.27. The number of sulfonamides is 1. The van der Waals surface area contributed by atoms with Crippen LogP contribution in [0.25, 0.3) is 0 Å². The molecular weight excluding hydrogens is 342 g/mol. The molecule has 0 aliphatic rings. The molecule has 1 heterocycles. The largest absolute Gasteiger partial charge is 0.495 e. The molecule has 0 saturated carbocycles. The van der Waals surface area contributed by atoms with Crippen LogP contribution in [0.4, 0.5) is 0 Å². The molecule has 0 saturated heterocycles. The van der Waals surface area contributed by atoms with Crippen LogP contribution in [-0.4, -0.2) is 32.2 Å². The first-order valence-corrected chi connectivity index (χ1v) is 9.51. The zero-order chi connectivity index (χ0) is 18.8. The predicted octanol–water partition coefficient (Wildman–Crippen LogP) is 2.51. The molecule has 1 N–H and O–H groups in total. The van der Waals surface area contributed by atoms with Crippen molar-refractivity contribution in [2.45, 2.75) is 51.3 Å². The lowest BCUT2D eigenvalue weighted by molar-refractivity contribution is 0.318. The van der Waals surface area contributed by atoms with Crippen LogP contribution in [0.2, 0.25) is 0 Å². The van der Waals surface area contributed by atoms with Gasteiger partial charge in [-0.1, -0.05) is 25.9 Å². The van der Waals surface area contributed by atoms with Crippen molar-refractivity contribution in [3.05, 3.63) is 35.0 Å². The lowest BCUT2D eigenvalue weighted by Crippen LogP contribution is -2.27. The molecular formula is C17H25N3O4S. The fraction of sp³-hybridized carbons (Fsp3) is 0.529. The van der Waals surface area contributed by atoms with E-state index in [1.165, 1.54) is 7.11 Å². The molecule has 0 unspecified atom stereocenters. The van der Waals surface area contributed by atoms with Gasteiger partial charge in [-0.05, 0) is 37.1 Å². The minimum Gasteiger partial charge on any atom is -0.495 e. The molecule has 2 rings (SSSR count). The Morgan fingerprint density at radius 3 is 2.40 bits per heavy atom. The first-order valence-electron chi connectivity index (χ1n) is 8.02. The van der Waals surface area contributed by atoms with Crippen LogP contribution in [0.5, 0.6) is 5.75 Å². The van der Waals surface area contributed by atoms with Crippen LogP contribution in [0.1, 0.15) is 43.6 Å². The van der Waals surface area contributed by atoms with Crippen molar-refractivity contribution in [2.75, 3.05) is 13.7 Å². The molecule has 25 heavy (non-hydrogen) atoms. The minimum atomic E-state index is -3.70. The highest BCUT2D eigenvalue weighted by Gasteiger charge is 2.23. The Morgan fingerprint density at radius 1 is 1.20 bits per heavy atom. The van der Waals surface area contributed by atoms with E-state index in [2.05, 4.69) is 14.9 Å². The summed E-state index contributed by atoms with van der Waals surface area (Å²) in [6.07, 6.45) is 0.339. The first-order chi connectivity index (χ1) is 11.5. The van der Waals surface area contributed by atoms with Gasteiger partial charge < -0.3 is 9.26 Å². The molecule has 0 aliphatic heterocycles. The summed E-state index contributed by atoms with van der Waals surface area (Å²) in [7, 11) is -2.24. The van der Waals surface area contributed by atoms with Gasteiger partial charge in [0.1, 0.15) is 10.6 Å². The number of nitrogens with zero attached hydrogens (tertiary/aromatic N) is 2. The molecule has 0 amide bonds. The zero-order valence-electron chi connectivity index (χ0n) is 15.5. The average molecular weight is 367 g/mol. The molecule has 0 fully saturated rings. The van der Waals surface area contributed by atoms with Crippen molar-refractivity contribution >= 4 is 10.0 Å². The van der Waals surface area contributed by atoms with Crippen molar-refractivity contribution in [1.82, 2.24) is 14.9 Å². The van der Waals surface area contributed by atoms with Crippen LogP contribution < -0.4 is 9.46 Å². The normalized spacial score (nSPS) is 12.4. The van der Waals surface area contributed by atoms with Crippen molar-refractivity contribution in [2.24, 2.45) is 0 Å². The molecule has 0 aliphatic carbocycles. The van der Waals surface area contributed by atoms with Crippen molar-refractivity contribution in [3.63, 3.8) is 0 Å². The van der Waals surface area contributed by atoms with Gasteiger partial charge >= 0.3 is 0 Å². The molecule has 1 aromatic carbocycles. The first kappa shape index (κ1) is 19.4. The van der Waals surface area contributed by atoms with Gasteiger partial charge in [0.05, 0.1) is 7.11 Å². The summed E-state index contributed by atoms with van der Waals surface area (Å²) in [5.74, 6) is 1.33. The Morgan fingerprint density at radius 2 is 1.84 bits per heavy atom. The average Bonchev–Trinajstić information content (AvgIpc) is 2.98. The topological polar surface area (TPSA) is 94.3 Å². The number of hydrogen-bond acceptors (Lipinski definition) is 6. The van der Waals surface area contributed by atoms with E-state index in [1.807, 2.05) is 34.6 Å². The predicted molar refractivity (Wildman–Crippen MR) is 94.4 cm³/mol. The SMILES string of the molecule is COc1cc(C)c(C)cc1S(=O)(=O)NCCc1noc(C(C)(C)C)n1. The lowest BCUT2D eigenvalue weighted by atomic mass is 9.97. The summed E-state index contributed by atoms with van der Waals surface area (Å²) < 4.78 is 38.1. The zero-order valence-corrected chi connectivity index (χ0v) is 16.3. The molecule has 0 atom stereocenters. The highest BCUT2D eigenvalue weighted by atomic mass is 32.2. The number of benzene rings is 1. The smallest absolute Gasteiger partial charge is 0.244 e. The third-order valence-electron chi connectivity index (χ3n) is 3.82. The number of ether oxygens (including phenoxy) is 1. The van der Waals surface area contributed by atoms with Gasteiger partial charge in [0.15, 0.2) is 5.82 Å². The second-order valence-corrected chi connectivity index (χ2v) is 8.74. The van der Waals surface area contributed by atoms with Crippen LogP contribution in [-0.2, 0) is 21.9 Å². The molecule has 138 valence electrons. The van der Waals surface area contributed by atoms with E-state index >= 15 is 0 Å². The quantitative estimate of drug-likeness (QED) is 0.843. The van der Waals surface area contributed by atoms with Crippen molar-refractivity contribution in [1.29, 1.82) is 0 Å². The Balaban J connectivity index is 2.10. The van der Waals surface area contributed by atoms with E-state index in [0.717, 1.165) is 11.1 Å². The van der Waals surface area contributed by atoms with E-state index in [0.29, 0.717) is 23.9 Å². The molecule has 0 spiro atoms. The maximum atomic E-state index is 12.6. The Hall–Kier alpha value is -1.93. The number of rotatable bonds is 6. The van der Waals surface area contributed by atoms with Gasteiger partial charge in [-0.15, -0.1) is 0 Å². The summed E-state index contributed by atoms with van der Waals surface area (Å²) >= 11 is 0. The standard InChI is InChI=1S/C17H25N3O4S/c1-11-9-13(23-6)14(10-12(11)2)25(21,22)18-8-7-15-19-16(24-20-15)17(3,4)5/h9-10,18H,7-8H2,1-6H3. The monoisotopic (exact) mass is 367 g/mol. The fourth-order valence-electron chi connectivity index (χ4n) is 2.17. The summed E-state index contributed by atoms with van der Waals surface area (Å²) in [4.78, 5) is 4.42. The summed E-state index contributed by atoms with van der Waals surface area (Å²) in [5.41, 5.74) is 1.61. The van der Waals surface area contributed by atoms with Crippen LogP contribution in [0, 0.1) is 13.8 Å².